The van der Waals surface area contributed by atoms with E-state index in [0.29, 0.717) is 12.2 Å². The Hall–Kier alpha value is -2.33. The molecule has 0 aliphatic carbocycles. The number of carboxylic acid groups (broad SMARTS) is 1. The van der Waals surface area contributed by atoms with Crippen LogP contribution >= 0.6 is 0 Å². The van der Waals surface area contributed by atoms with Gasteiger partial charge in [0.15, 0.2) is 0 Å². The van der Waals surface area contributed by atoms with Crippen molar-refractivity contribution in [3.05, 3.63) is 23.9 Å². The molecule has 0 aromatic carbocycles. The highest BCUT2D eigenvalue weighted by molar-refractivity contribution is 6.09. The third-order valence-electron chi connectivity index (χ3n) is 3.13. The van der Waals surface area contributed by atoms with Gasteiger partial charge in [0.1, 0.15) is 5.84 Å². The Balaban J connectivity index is 2.69. The lowest BCUT2D eigenvalue weighted by molar-refractivity contribution is -0.226. The molecule has 5 nitrogen and oxygen atoms in total. The van der Waals surface area contributed by atoms with Crippen molar-refractivity contribution in [2.24, 2.45) is 4.99 Å². The predicted molar refractivity (Wildman–Crippen MR) is 58.6 cm³/mol. The number of amidine groups is 1. The molecule has 2 heterocycles. The van der Waals surface area contributed by atoms with E-state index in [-0.39, 0.29) is 11.1 Å². The number of rotatable bonds is 1. The number of amides is 1. The van der Waals surface area contributed by atoms with E-state index in [1.165, 1.54) is 0 Å². The van der Waals surface area contributed by atoms with Crippen molar-refractivity contribution in [1.82, 2.24) is 4.90 Å². The van der Waals surface area contributed by atoms with E-state index in [4.69, 9.17) is 5.11 Å². The van der Waals surface area contributed by atoms with Crippen molar-refractivity contribution in [3.8, 4) is 0 Å². The first kappa shape index (κ1) is 16.0. The van der Waals surface area contributed by atoms with E-state index in [2.05, 4.69) is 4.99 Å². The normalized spacial score (nSPS) is 25.5. The Morgan fingerprint density at radius 2 is 1.82 bits per heavy atom. The van der Waals surface area contributed by atoms with Crippen LogP contribution < -0.4 is 0 Å². The highest BCUT2D eigenvalue weighted by Gasteiger charge is 2.67. The summed E-state index contributed by atoms with van der Waals surface area (Å²) < 4.78 is 77.7. The molecule has 2 aliphatic heterocycles. The van der Waals surface area contributed by atoms with Crippen LogP contribution in [0.5, 0.6) is 0 Å². The van der Waals surface area contributed by atoms with E-state index in [1.807, 2.05) is 0 Å². The minimum absolute atomic E-state index is 0.00706. The Morgan fingerprint density at radius 1 is 1.23 bits per heavy atom. The molecule has 1 amide bonds. The number of nitrogens with zero attached hydrogens (tertiary/aromatic N) is 2. The first-order valence-electron chi connectivity index (χ1n) is 5.57. The van der Waals surface area contributed by atoms with Gasteiger partial charge in [-0.1, -0.05) is 0 Å². The molecule has 2 rings (SSSR count). The van der Waals surface area contributed by atoms with Crippen LogP contribution in [0.4, 0.5) is 26.3 Å². The predicted octanol–water partition coefficient (Wildman–Crippen LogP) is 2.02. The molecule has 22 heavy (non-hydrogen) atoms. The van der Waals surface area contributed by atoms with Gasteiger partial charge in [-0.2, -0.15) is 31.3 Å². The molecule has 0 bridgehead atoms. The minimum Gasteiger partial charge on any atom is -0.479 e. The maximum atomic E-state index is 13.3. The zero-order chi connectivity index (χ0) is 16.9. The van der Waals surface area contributed by atoms with Gasteiger partial charge in [-0.25, -0.2) is 4.79 Å². The summed E-state index contributed by atoms with van der Waals surface area (Å²) in [7, 11) is 0. The van der Waals surface area contributed by atoms with E-state index >= 15 is 0 Å². The molecule has 2 aliphatic rings. The van der Waals surface area contributed by atoms with Crippen LogP contribution in [-0.4, -0.2) is 45.6 Å². The molecule has 0 radical (unpaired) electrons. The van der Waals surface area contributed by atoms with Gasteiger partial charge < -0.3 is 10.0 Å². The van der Waals surface area contributed by atoms with Crippen molar-refractivity contribution < 1.29 is 41.0 Å². The van der Waals surface area contributed by atoms with Crippen LogP contribution in [0.3, 0.4) is 0 Å². The lowest BCUT2D eigenvalue weighted by atomic mass is 9.88. The van der Waals surface area contributed by atoms with E-state index in [0.717, 1.165) is 0 Å². The highest BCUT2D eigenvalue weighted by Crippen LogP contribution is 2.43. The number of alkyl halides is 6. The molecule has 0 saturated carbocycles. The quantitative estimate of drug-likeness (QED) is 0.748. The van der Waals surface area contributed by atoms with Crippen LogP contribution in [0.2, 0.25) is 0 Å². The third-order valence-corrected chi connectivity index (χ3v) is 3.13. The highest BCUT2D eigenvalue weighted by atomic mass is 19.4. The summed E-state index contributed by atoms with van der Waals surface area (Å²) in [6.45, 7) is 0. The number of fused-ring (bicyclic) bond motifs is 1. The fourth-order valence-corrected chi connectivity index (χ4v) is 2.07. The number of carbonyl (C=O) groups is 2. The first-order valence-corrected chi connectivity index (χ1v) is 5.57. The molecule has 1 N–H and O–H groups in total. The lowest BCUT2D eigenvalue weighted by Crippen LogP contribution is -2.66. The Kier molecular flexibility index (Phi) is 3.34. The number of carbonyl (C=O) groups excluding carboxylic acids is 1. The average molecular weight is 328 g/mol. The van der Waals surface area contributed by atoms with E-state index in [9.17, 15) is 35.9 Å². The zero-order valence-corrected chi connectivity index (χ0v) is 10.4. The summed E-state index contributed by atoms with van der Waals surface area (Å²) in [6.07, 6.45) is -11.2. The average Bonchev–Trinajstić information content (AvgIpc) is 2.34. The van der Waals surface area contributed by atoms with E-state index < -0.39 is 47.6 Å². The molecule has 0 aromatic heterocycles. The Labute approximate surface area is 118 Å². The summed E-state index contributed by atoms with van der Waals surface area (Å²) in [4.78, 5) is 25.5. The summed E-state index contributed by atoms with van der Waals surface area (Å²) in [5.41, 5.74) is -5.32. The van der Waals surface area contributed by atoms with Gasteiger partial charge in [0, 0.05) is 6.20 Å². The second kappa shape index (κ2) is 4.58. The number of aliphatic carboxylic acids is 1. The van der Waals surface area contributed by atoms with Crippen LogP contribution in [0.25, 0.3) is 0 Å². The lowest BCUT2D eigenvalue weighted by Gasteiger charge is -2.43. The number of allylic oxidation sites excluding steroid dienone is 2. The summed E-state index contributed by atoms with van der Waals surface area (Å²) >= 11 is 0. The molecule has 1 atom stereocenters. The first-order chi connectivity index (χ1) is 9.89. The fourth-order valence-electron chi connectivity index (χ4n) is 2.07. The van der Waals surface area contributed by atoms with Crippen LogP contribution in [-0.2, 0) is 9.59 Å². The summed E-state index contributed by atoms with van der Waals surface area (Å²) in [5, 5.41) is 8.97. The topological polar surface area (TPSA) is 70.0 Å². The monoisotopic (exact) mass is 328 g/mol. The van der Waals surface area contributed by atoms with Crippen molar-refractivity contribution in [2.45, 2.75) is 24.3 Å². The SMILES string of the molecule is O=C1CC(C(=O)O)(C(F)(F)F)N2C=C(C(F)(F)F)C=CC2=N1. The molecule has 0 fully saturated rings. The molecular formula is C11H6F6N2O3. The van der Waals surface area contributed by atoms with Crippen molar-refractivity contribution in [3.63, 3.8) is 0 Å². The fraction of sp³-hybridized carbons (Fsp3) is 0.364. The molecule has 0 saturated heterocycles. The second-order valence-corrected chi connectivity index (χ2v) is 4.49. The van der Waals surface area contributed by atoms with Gasteiger partial charge in [-0.15, -0.1) is 0 Å². The van der Waals surface area contributed by atoms with Crippen molar-refractivity contribution in [2.75, 3.05) is 0 Å². The molecule has 120 valence electrons. The Morgan fingerprint density at radius 3 is 2.27 bits per heavy atom. The summed E-state index contributed by atoms with van der Waals surface area (Å²) in [5.74, 6) is -4.70. The Bertz CT molecular complexity index is 631. The van der Waals surface area contributed by atoms with Crippen molar-refractivity contribution in [1.29, 1.82) is 0 Å². The number of halogens is 6. The van der Waals surface area contributed by atoms with Crippen molar-refractivity contribution >= 4 is 17.7 Å². The second-order valence-electron chi connectivity index (χ2n) is 4.49. The molecular weight excluding hydrogens is 322 g/mol. The van der Waals surface area contributed by atoms with Gasteiger partial charge >= 0.3 is 18.3 Å². The zero-order valence-electron chi connectivity index (χ0n) is 10.4. The molecule has 0 aromatic rings. The smallest absolute Gasteiger partial charge is 0.423 e. The number of carboxylic acids is 1. The maximum absolute atomic E-state index is 13.3. The van der Waals surface area contributed by atoms with Gasteiger partial charge in [0.2, 0.25) is 5.54 Å². The van der Waals surface area contributed by atoms with Crippen LogP contribution in [0.1, 0.15) is 6.42 Å². The third kappa shape index (κ3) is 2.25. The number of aliphatic imine (C=N–C) groups is 1. The van der Waals surface area contributed by atoms with E-state index in [1.54, 1.807) is 0 Å². The van der Waals surface area contributed by atoms with Gasteiger partial charge in [0.25, 0.3) is 5.91 Å². The largest absolute Gasteiger partial charge is 0.479 e. The van der Waals surface area contributed by atoms with Gasteiger partial charge in [-0.05, 0) is 12.2 Å². The number of hydrogen-bond acceptors (Lipinski definition) is 3. The molecule has 1 unspecified atom stereocenters. The molecule has 0 spiro atoms. The standard InChI is InChI=1S/C11H6F6N2O3/c12-10(13,14)5-1-2-6-18-7(20)3-9(8(21)22,11(15,16)17)19(6)4-5/h1-2,4H,3H2,(H,21,22). The van der Waals surface area contributed by atoms with Crippen LogP contribution in [0.15, 0.2) is 28.9 Å². The maximum Gasteiger partial charge on any atom is 0.423 e. The van der Waals surface area contributed by atoms with Crippen LogP contribution in [0, 0.1) is 0 Å². The molecule has 11 heteroatoms. The summed E-state index contributed by atoms with van der Waals surface area (Å²) in [6, 6.07) is 0. The minimum atomic E-state index is -5.51. The van der Waals surface area contributed by atoms with Gasteiger partial charge in [0.05, 0.1) is 12.0 Å². The van der Waals surface area contributed by atoms with Gasteiger partial charge in [-0.3, -0.25) is 4.79 Å². The number of hydrogen-bond donors (Lipinski definition) is 1.